The normalized spacial score (nSPS) is 18.6. The molecule has 0 saturated carbocycles. The number of hydrogen-bond acceptors (Lipinski definition) is 9. The zero-order valence-electron chi connectivity index (χ0n) is 27.1. The van der Waals surface area contributed by atoms with Crippen LogP contribution in [0.2, 0.25) is 0 Å². The van der Waals surface area contributed by atoms with Crippen LogP contribution in [-0.4, -0.2) is 104 Å². The van der Waals surface area contributed by atoms with Gasteiger partial charge in [-0.2, -0.15) is 15.2 Å². The first-order valence-electron chi connectivity index (χ1n) is 16.1. The van der Waals surface area contributed by atoms with Gasteiger partial charge in [-0.3, -0.25) is 9.69 Å². The van der Waals surface area contributed by atoms with Crippen molar-refractivity contribution in [2.45, 2.75) is 39.8 Å². The molecule has 11 heteroatoms. The van der Waals surface area contributed by atoms with Crippen molar-refractivity contribution in [2.75, 3.05) is 82.0 Å². The molecule has 3 aliphatic heterocycles. The van der Waals surface area contributed by atoms with E-state index in [1.54, 1.807) is 11.0 Å². The Morgan fingerprint density at radius 3 is 2.61 bits per heavy atom. The van der Waals surface area contributed by atoms with Crippen LogP contribution in [0.15, 0.2) is 48.6 Å². The van der Waals surface area contributed by atoms with Crippen molar-refractivity contribution < 1.29 is 18.7 Å². The Morgan fingerprint density at radius 2 is 1.87 bits per heavy atom. The number of anilines is 2. The number of nitrogens with zero attached hydrogens (tertiary/aromatic N) is 7. The van der Waals surface area contributed by atoms with E-state index in [4.69, 9.17) is 24.7 Å². The van der Waals surface area contributed by atoms with Gasteiger partial charge < -0.3 is 24.2 Å². The maximum absolute atomic E-state index is 12.5. The Hall–Kier alpha value is -4.27. The van der Waals surface area contributed by atoms with Crippen LogP contribution in [0.1, 0.15) is 30.7 Å². The molecular formula is C35H44FN7O3. The molecule has 3 aromatic rings. The Balaban J connectivity index is 0.00000134. The highest BCUT2D eigenvalue weighted by Crippen LogP contribution is 2.35. The minimum atomic E-state index is -0.640. The van der Waals surface area contributed by atoms with Crippen molar-refractivity contribution >= 4 is 28.2 Å². The van der Waals surface area contributed by atoms with Crippen molar-refractivity contribution in [1.82, 2.24) is 19.8 Å². The highest BCUT2D eigenvalue weighted by atomic mass is 19.1. The lowest BCUT2D eigenvalue weighted by atomic mass is 9.99. The maximum Gasteiger partial charge on any atom is 0.318 e. The van der Waals surface area contributed by atoms with Crippen molar-refractivity contribution in [3.8, 4) is 12.1 Å². The Morgan fingerprint density at radius 1 is 1.11 bits per heavy atom. The van der Waals surface area contributed by atoms with Gasteiger partial charge in [0.15, 0.2) is 0 Å². The number of carbonyl (C=O) groups is 1. The number of alkyl halides is 1. The zero-order valence-corrected chi connectivity index (χ0v) is 27.1. The summed E-state index contributed by atoms with van der Waals surface area (Å²) >= 11 is 0. The van der Waals surface area contributed by atoms with Crippen LogP contribution >= 0.6 is 0 Å². The molecule has 244 valence electrons. The smallest absolute Gasteiger partial charge is 0.318 e. The number of carbonyl (C=O) groups excluding carboxylic acids is 1. The molecule has 0 radical (unpaired) electrons. The number of likely N-dealkylation sites (N-methyl/N-ethyl adjacent to an activating group) is 1. The molecule has 3 aliphatic rings. The molecule has 1 amide bonds. The molecule has 1 atom stereocenters. The number of rotatable bonds is 8. The van der Waals surface area contributed by atoms with E-state index in [9.17, 15) is 9.18 Å². The van der Waals surface area contributed by atoms with Crippen molar-refractivity contribution in [2.24, 2.45) is 0 Å². The number of aryl methyl sites for hydroxylation is 1. The van der Waals surface area contributed by atoms with Crippen molar-refractivity contribution in [3.63, 3.8) is 0 Å². The van der Waals surface area contributed by atoms with Gasteiger partial charge in [0.1, 0.15) is 25.2 Å². The summed E-state index contributed by atoms with van der Waals surface area (Å²) in [5.41, 5.74) is 4.59. The summed E-state index contributed by atoms with van der Waals surface area (Å²) in [7, 11) is 0. The fourth-order valence-corrected chi connectivity index (χ4v) is 6.41. The first-order chi connectivity index (χ1) is 22.4. The fraction of sp³-hybridized carbons (Fsp3) is 0.486. The number of aromatic nitrogens is 2. The van der Waals surface area contributed by atoms with E-state index in [2.05, 4.69) is 64.9 Å². The summed E-state index contributed by atoms with van der Waals surface area (Å²) in [6, 6.07) is 15.1. The average molecular weight is 630 g/mol. The standard InChI is InChI=1S/C33H41FN6O3.C2H3N/c1-3-37-19-20-42-26(21-37)23-43-33-35-28-22-40(29-10-5-9-25-8-4-7-24(2)31(25)29)14-12-27(28)32(36-33)39-17-15-38(16-18-39)30(41)11-6-13-34;1-2-3/h4-11,26H,3,12-23H2,1-2H3;1H3/b11-6+;. The monoisotopic (exact) mass is 629 g/mol. The molecule has 0 bridgehead atoms. The Bertz CT molecular complexity index is 1560. The van der Waals surface area contributed by atoms with Gasteiger partial charge >= 0.3 is 6.01 Å². The van der Waals surface area contributed by atoms with E-state index < -0.39 is 6.67 Å². The Kier molecular flexibility index (Phi) is 11.4. The third-order valence-electron chi connectivity index (χ3n) is 8.76. The number of piperazine rings is 1. The molecule has 2 fully saturated rings. The number of allylic oxidation sites excluding steroid dienone is 1. The van der Waals surface area contributed by atoms with E-state index in [1.165, 1.54) is 41.1 Å². The summed E-state index contributed by atoms with van der Waals surface area (Å²) < 4.78 is 24.8. The number of halogens is 1. The van der Waals surface area contributed by atoms with E-state index in [0.29, 0.717) is 51.9 Å². The van der Waals surface area contributed by atoms with Crippen LogP contribution < -0.4 is 14.5 Å². The SMILES string of the molecule is CC#N.CCN1CCOC(COc2nc3c(c(N4CCN(C(=O)/C=C/CF)CC4)n2)CCN(c2cccc4cccc(C)c24)C3)C1. The number of nitriles is 1. The van der Waals surface area contributed by atoms with Crippen LogP contribution in [-0.2, 0) is 22.5 Å². The second kappa shape index (κ2) is 15.8. The predicted octanol–water partition coefficient (Wildman–Crippen LogP) is 4.30. The largest absolute Gasteiger partial charge is 0.461 e. The number of morpholine rings is 1. The van der Waals surface area contributed by atoms with Gasteiger partial charge in [0.05, 0.1) is 24.9 Å². The van der Waals surface area contributed by atoms with Gasteiger partial charge in [0.25, 0.3) is 0 Å². The first-order valence-corrected chi connectivity index (χ1v) is 16.1. The first kappa shape index (κ1) is 33.1. The molecule has 0 aliphatic carbocycles. The van der Waals surface area contributed by atoms with Gasteiger partial charge in [0.2, 0.25) is 5.91 Å². The second-order valence-corrected chi connectivity index (χ2v) is 11.7. The topological polar surface area (TPSA) is 98.1 Å². The lowest BCUT2D eigenvalue weighted by Crippen LogP contribution is -2.49. The lowest BCUT2D eigenvalue weighted by Gasteiger charge is -2.38. The number of benzene rings is 2. The molecule has 2 aromatic carbocycles. The minimum Gasteiger partial charge on any atom is -0.461 e. The summed E-state index contributed by atoms with van der Waals surface area (Å²) in [4.78, 5) is 31.1. The lowest BCUT2D eigenvalue weighted by molar-refractivity contribution is -0.126. The summed E-state index contributed by atoms with van der Waals surface area (Å²) in [5.74, 6) is 0.737. The minimum absolute atomic E-state index is 0.0288. The molecule has 0 spiro atoms. The van der Waals surface area contributed by atoms with Gasteiger partial charge in [0, 0.05) is 75.5 Å². The van der Waals surface area contributed by atoms with E-state index in [1.807, 2.05) is 0 Å². The molecule has 4 heterocycles. The molecule has 10 nitrogen and oxygen atoms in total. The third kappa shape index (κ3) is 7.74. The van der Waals surface area contributed by atoms with E-state index in [-0.39, 0.29) is 12.0 Å². The van der Waals surface area contributed by atoms with Crippen LogP contribution in [0, 0.1) is 18.3 Å². The van der Waals surface area contributed by atoms with Gasteiger partial charge in [-0.05, 0) is 43.0 Å². The number of fused-ring (bicyclic) bond motifs is 2. The van der Waals surface area contributed by atoms with Crippen molar-refractivity contribution in [1.29, 1.82) is 5.26 Å². The highest BCUT2D eigenvalue weighted by Gasteiger charge is 2.29. The number of ether oxygens (including phenoxy) is 2. The summed E-state index contributed by atoms with van der Waals surface area (Å²) in [6.45, 7) is 12.9. The fourth-order valence-electron chi connectivity index (χ4n) is 6.41. The second-order valence-electron chi connectivity index (χ2n) is 11.7. The predicted molar refractivity (Wildman–Crippen MR) is 178 cm³/mol. The average Bonchev–Trinajstić information content (AvgIpc) is 3.09. The molecule has 1 unspecified atom stereocenters. The van der Waals surface area contributed by atoms with Crippen LogP contribution in [0.4, 0.5) is 15.9 Å². The molecule has 0 N–H and O–H groups in total. The van der Waals surface area contributed by atoms with Gasteiger partial charge in [-0.1, -0.05) is 37.3 Å². The quantitative estimate of drug-likeness (QED) is 0.338. The molecule has 2 saturated heterocycles. The summed E-state index contributed by atoms with van der Waals surface area (Å²) in [5, 5.41) is 9.83. The van der Waals surface area contributed by atoms with E-state index in [0.717, 1.165) is 49.7 Å². The van der Waals surface area contributed by atoms with Crippen molar-refractivity contribution in [3.05, 3.63) is 65.4 Å². The van der Waals surface area contributed by atoms with Gasteiger partial charge in [-0.15, -0.1) is 0 Å². The molecule has 6 rings (SSSR count). The van der Waals surface area contributed by atoms with Crippen LogP contribution in [0.5, 0.6) is 6.01 Å². The number of amides is 1. The Labute approximate surface area is 271 Å². The van der Waals surface area contributed by atoms with E-state index >= 15 is 0 Å². The summed E-state index contributed by atoms with van der Waals surface area (Å²) in [6.07, 6.45) is 3.37. The zero-order chi connectivity index (χ0) is 32.5. The van der Waals surface area contributed by atoms with Crippen LogP contribution in [0.3, 0.4) is 0 Å². The number of hydrogen-bond donors (Lipinski definition) is 0. The molecule has 46 heavy (non-hydrogen) atoms. The maximum atomic E-state index is 12.5. The highest BCUT2D eigenvalue weighted by molar-refractivity contribution is 5.97. The third-order valence-corrected chi connectivity index (χ3v) is 8.76. The van der Waals surface area contributed by atoms with Gasteiger partial charge in [-0.25, -0.2) is 4.39 Å². The molecule has 1 aromatic heterocycles. The molecular weight excluding hydrogens is 585 g/mol. The van der Waals surface area contributed by atoms with Crippen LogP contribution in [0.25, 0.3) is 10.8 Å².